The molecule has 1 aromatic heterocycles. The number of rotatable bonds is 3. The molecule has 1 aliphatic heterocycles. The molecule has 0 N–H and O–H groups in total. The highest BCUT2D eigenvalue weighted by Crippen LogP contribution is 2.28. The van der Waals surface area contributed by atoms with E-state index in [-0.39, 0.29) is 30.3 Å². The molecule has 17 heavy (non-hydrogen) atoms. The third-order valence-electron chi connectivity index (χ3n) is 3.20. The normalized spacial score (nSPS) is 24.1. The lowest BCUT2D eigenvalue weighted by molar-refractivity contribution is -0.146. The van der Waals surface area contributed by atoms with Crippen LogP contribution < -0.4 is 0 Å². The Bertz CT molecular complexity index is 412. The largest absolute Gasteiger partial charge is 0.469 e. The van der Waals surface area contributed by atoms with E-state index in [0.717, 1.165) is 5.76 Å². The Morgan fingerprint density at radius 3 is 3.00 bits per heavy atom. The van der Waals surface area contributed by atoms with Gasteiger partial charge in [0.25, 0.3) is 0 Å². The summed E-state index contributed by atoms with van der Waals surface area (Å²) in [6.45, 7) is 2.26. The molecule has 5 heteroatoms. The quantitative estimate of drug-likeness (QED) is 0.741. The SMILES string of the molecule is COC(=O)C1CC(=O)N(Cc2ccco2)C1C. The molecule has 0 spiro atoms. The van der Waals surface area contributed by atoms with Crippen LogP contribution in [-0.2, 0) is 20.9 Å². The Kier molecular flexibility index (Phi) is 3.17. The van der Waals surface area contributed by atoms with E-state index >= 15 is 0 Å². The van der Waals surface area contributed by atoms with Crippen molar-refractivity contribution in [1.29, 1.82) is 0 Å². The van der Waals surface area contributed by atoms with Crippen molar-refractivity contribution in [1.82, 2.24) is 4.90 Å². The lowest BCUT2D eigenvalue weighted by Gasteiger charge is -2.22. The molecule has 2 atom stereocenters. The first-order chi connectivity index (χ1) is 8.13. The summed E-state index contributed by atoms with van der Waals surface area (Å²) < 4.78 is 9.90. The molecule has 2 unspecified atom stereocenters. The molecule has 1 saturated heterocycles. The Labute approximate surface area is 99.3 Å². The van der Waals surface area contributed by atoms with Crippen molar-refractivity contribution in [3.05, 3.63) is 24.2 Å². The van der Waals surface area contributed by atoms with Crippen LogP contribution >= 0.6 is 0 Å². The molecule has 0 bridgehead atoms. The zero-order chi connectivity index (χ0) is 12.4. The molecule has 5 nitrogen and oxygen atoms in total. The highest BCUT2D eigenvalue weighted by molar-refractivity contribution is 5.87. The molecular weight excluding hydrogens is 222 g/mol. The maximum atomic E-state index is 11.8. The number of furan rings is 1. The van der Waals surface area contributed by atoms with Crippen LogP contribution in [0.4, 0.5) is 0 Å². The predicted octanol–water partition coefficient (Wildman–Crippen LogP) is 1.19. The van der Waals surface area contributed by atoms with Crippen molar-refractivity contribution >= 4 is 11.9 Å². The van der Waals surface area contributed by atoms with Gasteiger partial charge in [-0.05, 0) is 19.1 Å². The van der Waals surface area contributed by atoms with Crippen LogP contribution in [0.3, 0.4) is 0 Å². The smallest absolute Gasteiger partial charge is 0.311 e. The second-order valence-electron chi connectivity index (χ2n) is 4.18. The standard InChI is InChI=1S/C12H15NO4/c1-8-10(12(15)16-2)6-11(14)13(8)7-9-4-3-5-17-9/h3-5,8,10H,6-7H2,1-2H3. The number of carbonyl (C=O) groups excluding carboxylic acids is 2. The minimum Gasteiger partial charge on any atom is -0.469 e. The lowest BCUT2D eigenvalue weighted by atomic mass is 10.0. The van der Waals surface area contributed by atoms with Crippen LogP contribution in [-0.4, -0.2) is 29.9 Å². The summed E-state index contributed by atoms with van der Waals surface area (Å²) in [6.07, 6.45) is 1.78. The van der Waals surface area contributed by atoms with Gasteiger partial charge in [-0.2, -0.15) is 0 Å². The fourth-order valence-electron chi connectivity index (χ4n) is 2.15. The number of likely N-dealkylation sites (tertiary alicyclic amines) is 1. The summed E-state index contributed by atoms with van der Waals surface area (Å²) in [4.78, 5) is 25.0. The van der Waals surface area contributed by atoms with E-state index in [2.05, 4.69) is 0 Å². The fourth-order valence-corrected chi connectivity index (χ4v) is 2.15. The van der Waals surface area contributed by atoms with E-state index in [0.29, 0.717) is 6.54 Å². The van der Waals surface area contributed by atoms with Gasteiger partial charge in [0.2, 0.25) is 5.91 Å². The van der Waals surface area contributed by atoms with Crippen LogP contribution in [0.2, 0.25) is 0 Å². The van der Waals surface area contributed by atoms with Crippen LogP contribution in [0.15, 0.2) is 22.8 Å². The van der Waals surface area contributed by atoms with Crippen molar-refractivity contribution in [3.63, 3.8) is 0 Å². The Morgan fingerprint density at radius 1 is 1.65 bits per heavy atom. The molecule has 0 radical (unpaired) electrons. The van der Waals surface area contributed by atoms with E-state index in [1.807, 2.05) is 13.0 Å². The summed E-state index contributed by atoms with van der Waals surface area (Å²) >= 11 is 0. The first-order valence-electron chi connectivity index (χ1n) is 5.53. The van der Waals surface area contributed by atoms with Crippen molar-refractivity contribution in [3.8, 4) is 0 Å². The molecule has 0 saturated carbocycles. The topological polar surface area (TPSA) is 59.8 Å². The van der Waals surface area contributed by atoms with Crippen molar-refractivity contribution in [2.24, 2.45) is 5.92 Å². The number of nitrogens with zero attached hydrogens (tertiary/aromatic N) is 1. The van der Waals surface area contributed by atoms with E-state index in [4.69, 9.17) is 9.15 Å². The number of ether oxygens (including phenoxy) is 1. The molecule has 1 aromatic rings. The van der Waals surface area contributed by atoms with Gasteiger partial charge in [0, 0.05) is 12.5 Å². The maximum absolute atomic E-state index is 11.8. The van der Waals surface area contributed by atoms with Gasteiger partial charge in [-0.25, -0.2) is 0 Å². The molecule has 0 aliphatic carbocycles. The molecule has 2 heterocycles. The summed E-state index contributed by atoms with van der Waals surface area (Å²) in [7, 11) is 1.34. The lowest BCUT2D eigenvalue weighted by Crippen LogP contribution is -2.34. The number of carbonyl (C=O) groups is 2. The van der Waals surface area contributed by atoms with Crippen molar-refractivity contribution < 1.29 is 18.7 Å². The van der Waals surface area contributed by atoms with Gasteiger partial charge in [0.1, 0.15) is 5.76 Å². The average molecular weight is 237 g/mol. The van der Waals surface area contributed by atoms with Crippen LogP contribution in [0, 0.1) is 5.92 Å². The summed E-state index contributed by atoms with van der Waals surface area (Å²) in [5.41, 5.74) is 0. The third kappa shape index (κ3) is 2.18. The molecule has 1 aliphatic rings. The number of esters is 1. The van der Waals surface area contributed by atoms with Crippen molar-refractivity contribution in [2.45, 2.75) is 25.9 Å². The van der Waals surface area contributed by atoms with Gasteiger partial charge in [0.15, 0.2) is 0 Å². The average Bonchev–Trinajstić information content (AvgIpc) is 2.91. The molecule has 1 fully saturated rings. The number of hydrogen-bond donors (Lipinski definition) is 0. The van der Waals surface area contributed by atoms with E-state index < -0.39 is 0 Å². The van der Waals surface area contributed by atoms with E-state index in [1.54, 1.807) is 17.2 Å². The van der Waals surface area contributed by atoms with Gasteiger partial charge in [0.05, 0.1) is 25.8 Å². The van der Waals surface area contributed by atoms with E-state index in [1.165, 1.54) is 7.11 Å². The van der Waals surface area contributed by atoms with Gasteiger partial charge in [-0.3, -0.25) is 9.59 Å². The molecule has 92 valence electrons. The second-order valence-corrected chi connectivity index (χ2v) is 4.18. The first-order valence-corrected chi connectivity index (χ1v) is 5.53. The van der Waals surface area contributed by atoms with Crippen LogP contribution in [0.5, 0.6) is 0 Å². The highest BCUT2D eigenvalue weighted by Gasteiger charge is 2.41. The zero-order valence-corrected chi connectivity index (χ0v) is 9.88. The van der Waals surface area contributed by atoms with Crippen LogP contribution in [0.25, 0.3) is 0 Å². The Morgan fingerprint density at radius 2 is 2.41 bits per heavy atom. The monoisotopic (exact) mass is 237 g/mol. The van der Waals surface area contributed by atoms with Gasteiger partial charge >= 0.3 is 5.97 Å². The minimum absolute atomic E-state index is 0.0377. The van der Waals surface area contributed by atoms with Crippen LogP contribution in [0.1, 0.15) is 19.1 Å². The third-order valence-corrected chi connectivity index (χ3v) is 3.20. The van der Waals surface area contributed by atoms with E-state index in [9.17, 15) is 9.59 Å². The van der Waals surface area contributed by atoms with Gasteiger partial charge in [-0.1, -0.05) is 0 Å². The number of methoxy groups -OCH3 is 1. The van der Waals surface area contributed by atoms with Gasteiger partial charge < -0.3 is 14.1 Å². The molecule has 2 rings (SSSR count). The zero-order valence-electron chi connectivity index (χ0n) is 9.88. The molecule has 0 aromatic carbocycles. The molecular formula is C12H15NO4. The Hall–Kier alpha value is -1.78. The predicted molar refractivity (Wildman–Crippen MR) is 58.8 cm³/mol. The number of amides is 1. The summed E-state index contributed by atoms with van der Waals surface area (Å²) in [5.74, 6) is -0.0183. The minimum atomic E-state index is -0.373. The molecule has 1 amide bonds. The summed E-state index contributed by atoms with van der Waals surface area (Å²) in [5, 5.41) is 0. The fraction of sp³-hybridized carbons (Fsp3) is 0.500. The maximum Gasteiger partial charge on any atom is 0.311 e. The second kappa shape index (κ2) is 4.61. The van der Waals surface area contributed by atoms with Gasteiger partial charge in [-0.15, -0.1) is 0 Å². The Balaban J connectivity index is 2.08. The number of hydrogen-bond acceptors (Lipinski definition) is 4. The highest BCUT2D eigenvalue weighted by atomic mass is 16.5. The first kappa shape index (κ1) is 11.7. The summed E-state index contributed by atoms with van der Waals surface area (Å²) in [6, 6.07) is 3.43. The van der Waals surface area contributed by atoms with Crippen molar-refractivity contribution in [2.75, 3.05) is 7.11 Å².